The van der Waals surface area contributed by atoms with Crippen molar-refractivity contribution in [1.29, 1.82) is 5.26 Å². The van der Waals surface area contributed by atoms with E-state index < -0.39 is 11.9 Å². The van der Waals surface area contributed by atoms with Crippen molar-refractivity contribution < 1.29 is 14.2 Å². The Morgan fingerprint density at radius 3 is 2.71 bits per heavy atom. The van der Waals surface area contributed by atoms with Gasteiger partial charge in [-0.15, -0.1) is 5.10 Å². The smallest absolute Gasteiger partial charge is 0.141 e. The van der Waals surface area contributed by atoms with Crippen LogP contribution in [0.1, 0.15) is 22.9 Å². The quantitative estimate of drug-likeness (QED) is 0.170. The molecule has 41 heavy (non-hydrogen) atoms. The minimum absolute atomic E-state index is 0.0514. The van der Waals surface area contributed by atoms with Crippen molar-refractivity contribution in [3.05, 3.63) is 99.9 Å². The number of aromatic nitrogens is 5. The van der Waals surface area contributed by atoms with Gasteiger partial charge in [0.05, 0.1) is 65.4 Å². The molecular formula is C28H23Cl2FN8O2. The van der Waals surface area contributed by atoms with Gasteiger partial charge in [0.25, 0.3) is 0 Å². The molecule has 3 N–H and O–H groups in total. The maximum absolute atomic E-state index is 13.8. The summed E-state index contributed by atoms with van der Waals surface area (Å²) in [6.07, 6.45) is 6.63. The number of fused-ring (bicyclic) bond motifs is 1. The van der Waals surface area contributed by atoms with Crippen LogP contribution < -0.4 is 10.6 Å². The second kappa shape index (κ2) is 12.9. The molecule has 0 saturated heterocycles. The third-order valence-electron chi connectivity index (χ3n) is 6.12. The lowest BCUT2D eigenvalue weighted by Gasteiger charge is -2.19. The van der Waals surface area contributed by atoms with Gasteiger partial charge in [0, 0.05) is 35.4 Å². The largest absolute Gasteiger partial charge is 0.394 e. The number of aliphatic hydroxyl groups excluding tert-OH is 1. The number of nitriles is 1. The predicted octanol–water partition coefficient (Wildman–Crippen LogP) is 5.49. The molecule has 3 heterocycles. The number of pyridine rings is 2. The number of hydrogen-bond acceptors (Lipinski definition) is 9. The molecule has 0 amide bonds. The van der Waals surface area contributed by atoms with Crippen LogP contribution in [-0.4, -0.2) is 49.9 Å². The van der Waals surface area contributed by atoms with Crippen LogP contribution in [0.5, 0.6) is 0 Å². The Kier molecular flexibility index (Phi) is 8.86. The predicted molar refractivity (Wildman–Crippen MR) is 154 cm³/mol. The van der Waals surface area contributed by atoms with Crippen molar-refractivity contribution in [2.24, 2.45) is 0 Å². The molecule has 0 aliphatic carbocycles. The Labute approximate surface area is 244 Å². The zero-order valence-corrected chi connectivity index (χ0v) is 22.9. The third kappa shape index (κ3) is 6.53. The van der Waals surface area contributed by atoms with E-state index in [0.717, 1.165) is 5.56 Å². The summed E-state index contributed by atoms with van der Waals surface area (Å²) in [5, 5.41) is 34.8. The SMILES string of the molecule is N#Cc1cnc2c(Cl)cc(NC(c3cccnc3)c3cn(CCOCCO)nn3)cc2c1Nc1ccc(F)c(Cl)c1. The first-order valence-electron chi connectivity index (χ1n) is 12.5. The molecule has 1 unspecified atom stereocenters. The minimum Gasteiger partial charge on any atom is -0.394 e. The molecule has 0 bridgehead atoms. The summed E-state index contributed by atoms with van der Waals surface area (Å²) in [7, 11) is 0. The van der Waals surface area contributed by atoms with Crippen LogP contribution in [0, 0.1) is 17.1 Å². The number of anilines is 3. The monoisotopic (exact) mass is 592 g/mol. The van der Waals surface area contributed by atoms with Crippen molar-refractivity contribution >= 4 is 51.2 Å². The second-order valence-corrected chi connectivity index (χ2v) is 9.69. The molecule has 13 heteroatoms. The van der Waals surface area contributed by atoms with Gasteiger partial charge in [-0.05, 0) is 42.0 Å². The maximum atomic E-state index is 13.8. The summed E-state index contributed by atoms with van der Waals surface area (Å²) in [6.45, 7) is 1.03. The number of aliphatic hydroxyl groups is 1. The molecule has 2 aromatic carbocycles. The number of rotatable bonds is 11. The van der Waals surface area contributed by atoms with E-state index in [0.29, 0.717) is 51.8 Å². The fourth-order valence-electron chi connectivity index (χ4n) is 4.20. The maximum Gasteiger partial charge on any atom is 0.141 e. The molecule has 0 radical (unpaired) electrons. The molecule has 1 atom stereocenters. The van der Waals surface area contributed by atoms with Gasteiger partial charge in [-0.2, -0.15) is 5.26 Å². The van der Waals surface area contributed by atoms with Crippen molar-refractivity contribution in [3.8, 4) is 6.07 Å². The van der Waals surface area contributed by atoms with Crippen molar-refractivity contribution in [3.63, 3.8) is 0 Å². The van der Waals surface area contributed by atoms with Gasteiger partial charge < -0.3 is 20.5 Å². The number of nitrogens with one attached hydrogen (secondary N) is 2. The van der Waals surface area contributed by atoms with E-state index in [1.807, 2.05) is 18.2 Å². The molecule has 5 rings (SSSR count). The molecule has 0 fully saturated rings. The number of ether oxygens (including phenoxy) is 1. The van der Waals surface area contributed by atoms with Crippen LogP contribution in [0.2, 0.25) is 10.0 Å². The average molecular weight is 593 g/mol. The molecule has 3 aromatic heterocycles. The summed E-state index contributed by atoms with van der Waals surface area (Å²) in [4.78, 5) is 8.65. The van der Waals surface area contributed by atoms with Gasteiger partial charge in [0.15, 0.2) is 0 Å². The Morgan fingerprint density at radius 1 is 1.10 bits per heavy atom. The first-order valence-corrected chi connectivity index (χ1v) is 13.2. The molecule has 0 saturated carbocycles. The number of hydrogen-bond donors (Lipinski definition) is 3. The minimum atomic E-state index is -0.553. The highest BCUT2D eigenvalue weighted by atomic mass is 35.5. The lowest BCUT2D eigenvalue weighted by atomic mass is 10.0. The summed E-state index contributed by atoms with van der Waals surface area (Å²) in [5.41, 5.74) is 3.74. The van der Waals surface area contributed by atoms with Crippen molar-refractivity contribution in [1.82, 2.24) is 25.0 Å². The van der Waals surface area contributed by atoms with Crippen LogP contribution in [0.25, 0.3) is 10.9 Å². The van der Waals surface area contributed by atoms with Crippen LogP contribution >= 0.6 is 23.2 Å². The molecular weight excluding hydrogens is 570 g/mol. The van der Waals surface area contributed by atoms with Crippen LogP contribution in [-0.2, 0) is 11.3 Å². The summed E-state index contributed by atoms with van der Waals surface area (Å²) in [5.74, 6) is -0.553. The Balaban J connectivity index is 1.52. The van der Waals surface area contributed by atoms with Gasteiger partial charge in [-0.3, -0.25) is 9.97 Å². The number of halogens is 3. The highest BCUT2D eigenvalue weighted by molar-refractivity contribution is 6.36. The van der Waals surface area contributed by atoms with E-state index >= 15 is 0 Å². The van der Waals surface area contributed by atoms with Gasteiger partial charge in [-0.25, -0.2) is 9.07 Å². The highest BCUT2D eigenvalue weighted by Crippen LogP contribution is 2.37. The third-order valence-corrected chi connectivity index (χ3v) is 6.69. The van der Waals surface area contributed by atoms with Gasteiger partial charge in [-0.1, -0.05) is 34.5 Å². The topological polar surface area (TPSA) is 134 Å². The molecule has 0 spiro atoms. The lowest BCUT2D eigenvalue weighted by molar-refractivity contribution is 0.0851. The Morgan fingerprint density at radius 2 is 1.95 bits per heavy atom. The van der Waals surface area contributed by atoms with E-state index in [2.05, 4.69) is 37.0 Å². The second-order valence-electron chi connectivity index (χ2n) is 8.87. The van der Waals surface area contributed by atoms with Gasteiger partial charge in [0.2, 0.25) is 0 Å². The van der Waals surface area contributed by atoms with Gasteiger partial charge >= 0.3 is 0 Å². The Bertz CT molecular complexity index is 1710. The lowest BCUT2D eigenvalue weighted by Crippen LogP contribution is -2.13. The summed E-state index contributed by atoms with van der Waals surface area (Å²) in [6, 6.07) is 13.2. The molecule has 208 valence electrons. The van der Waals surface area contributed by atoms with Crippen molar-refractivity contribution in [2.75, 3.05) is 30.5 Å². The van der Waals surface area contributed by atoms with E-state index in [1.165, 1.54) is 24.4 Å². The van der Waals surface area contributed by atoms with Crippen molar-refractivity contribution in [2.45, 2.75) is 12.6 Å². The summed E-state index contributed by atoms with van der Waals surface area (Å²) < 4.78 is 20.8. The molecule has 0 aliphatic heterocycles. The molecule has 10 nitrogen and oxygen atoms in total. The number of nitrogens with zero attached hydrogens (tertiary/aromatic N) is 6. The summed E-state index contributed by atoms with van der Waals surface area (Å²) >= 11 is 12.7. The van der Waals surface area contributed by atoms with E-state index in [-0.39, 0.29) is 23.8 Å². The first-order chi connectivity index (χ1) is 20.0. The fraction of sp³-hybridized carbons (Fsp3) is 0.179. The standard InChI is InChI=1S/C28H23Cl2FN8O2/c29-22-11-19(3-4-24(22)31)35-26-18(13-32)15-34-28-21(26)10-20(12-23(28)30)36-27(17-2-1-5-33-14-17)25-16-39(38-37-25)6-8-41-9-7-40/h1-5,10-12,14-16,27,36,40H,6-9H2,(H,34,35). The average Bonchev–Trinajstić information content (AvgIpc) is 3.45. The zero-order chi connectivity index (χ0) is 28.8. The van der Waals surface area contributed by atoms with Gasteiger partial charge in [0.1, 0.15) is 17.6 Å². The number of benzene rings is 2. The normalized spacial score (nSPS) is 11.8. The van der Waals surface area contributed by atoms with E-state index in [4.69, 9.17) is 33.0 Å². The van der Waals surface area contributed by atoms with Crippen LogP contribution in [0.15, 0.2) is 67.3 Å². The Hall–Kier alpha value is -4.34. The zero-order valence-electron chi connectivity index (χ0n) is 21.4. The molecule has 0 aliphatic rings. The van der Waals surface area contributed by atoms with Crippen LogP contribution in [0.4, 0.5) is 21.5 Å². The van der Waals surface area contributed by atoms with E-state index in [1.54, 1.807) is 29.3 Å². The van der Waals surface area contributed by atoms with E-state index in [9.17, 15) is 9.65 Å². The fourth-order valence-corrected chi connectivity index (χ4v) is 4.65. The van der Waals surface area contributed by atoms with Crippen LogP contribution in [0.3, 0.4) is 0 Å². The highest BCUT2D eigenvalue weighted by Gasteiger charge is 2.20. The molecule has 5 aromatic rings. The first kappa shape index (κ1) is 28.2.